The predicted molar refractivity (Wildman–Crippen MR) is 99.6 cm³/mol. The molecule has 2 heteroatoms. The molecular weight excluding hydrogens is 411 g/mol. The van der Waals surface area contributed by atoms with Gasteiger partial charge in [-0.25, -0.2) is 0 Å². The molecule has 3 unspecified atom stereocenters. The van der Waals surface area contributed by atoms with Crippen LogP contribution in [-0.2, 0) is 0 Å². The molecule has 1 aliphatic rings. The topological polar surface area (TPSA) is 0 Å². The van der Waals surface area contributed by atoms with Crippen molar-refractivity contribution in [3.63, 3.8) is 0 Å². The average Bonchev–Trinajstić information content (AvgIpc) is 2.21. The molecule has 114 valence electrons. The quantitative estimate of drug-likeness (QED) is 0.276. The summed E-state index contributed by atoms with van der Waals surface area (Å²) < 4.78 is 0.814. The Labute approximate surface area is 143 Å². The fourth-order valence-electron chi connectivity index (χ4n) is 3.02. The number of hydrogen-bond donors (Lipinski definition) is 0. The molecule has 0 aromatic rings. The Morgan fingerprint density at radius 1 is 0.842 bits per heavy atom. The van der Waals surface area contributed by atoms with Gasteiger partial charge in [0.2, 0.25) is 0 Å². The summed E-state index contributed by atoms with van der Waals surface area (Å²) in [5.74, 6) is 0. The average molecular weight is 443 g/mol. The summed E-state index contributed by atoms with van der Waals surface area (Å²) in [7, 11) is 0. The van der Waals surface area contributed by atoms with Crippen molar-refractivity contribution in [2.45, 2.75) is 94.2 Å². The molecule has 3 atom stereocenters. The minimum Gasteiger partial charge on any atom is -0.0856 e. The van der Waals surface area contributed by atoms with E-state index in [9.17, 15) is 0 Å². The van der Waals surface area contributed by atoms with Crippen LogP contribution in [0.15, 0.2) is 0 Å². The van der Waals surface area contributed by atoms with E-state index in [-0.39, 0.29) is 0 Å². The van der Waals surface area contributed by atoms with Crippen LogP contribution in [0.1, 0.15) is 86.5 Å². The fourth-order valence-corrected chi connectivity index (χ4v) is 4.15. The van der Waals surface area contributed by atoms with Gasteiger partial charge in [0.05, 0.1) is 0 Å². The van der Waals surface area contributed by atoms with E-state index in [0.717, 1.165) is 0 Å². The van der Waals surface area contributed by atoms with E-state index in [4.69, 9.17) is 0 Å². The Morgan fingerprint density at radius 2 is 1.37 bits per heavy atom. The van der Waals surface area contributed by atoms with Gasteiger partial charge in [0.25, 0.3) is 0 Å². The summed E-state index contributed by atoms with van der Waals surface area (Å²) in [6, 6.07) is 0. The highest BCUT2D eigenvalue weighted by Gasteiger charge is 2.40. The van der Waals surface area contributed by atoms with Crippen molar-refractivity contribution in [1.29, 1.82) is 0 Å². The molecule has 0 radical (unpaired) electrons. The predicted octanol–water partition coefficient (Wildman–Crippen LogP) is 7.13. The summed E-state index contributed by atoms with van der Waals surface area (Å²) in [6.07, 6.45) is 9.39. The van der Waals surface area contributed by atoms with Crippen molar-refractivity contribution < 1.29 is 0 Å². The number of alkyl halides is 2. The highest BCUT2D eigenvalue weighted by atomic mass is 127. The number of halogens is 2. The molecule has 0 bridgehead atoms. The van der Waals surface area contributed by atoms with Crippen LogP contribution < -0.4 is 0 Å². The van der Waals surface area contributed by atoms with E-state index < -0.39 is 0 Å². The van der Waals surface area contributed by atoms with Gasteiger partial charge in [-0.3, -0.25) is 0 Å². The maximum absolute atomic E-state index is 3.99. The van der Waals surface area contributed by atoms with Crippen LogP contribution in [0.5, 0.6) is 0 Å². The molecule has 1 rings (SSSR count). The smallest absolute Gasteiger partial charge is 0.0230 e. The second kappa shape index (κ2) is 6.14. The standard InChI is InChI=1S/C17H32BrI/c1-14(2,3)15(4)10-12-16(5,18)8-7-9-17(6,19)13-11-15/h7-13H2,1-6H3. The van der Waals surface area contributed by atoms with E-state index in [1.165, 1.54) is 44.9 Å². The van der Waals surface area contributed by atoms with Crippen LogP contribution >= 0.6 is 38.5 Å². The molecule has 0 aromatic heterocycles. The third-order valence-electron chi connectivity index (χ3n) is 5.60. The van der Waals surface area contributed by atoms with Gasteiger partial charge in [0, 0.05) is 7.75 Å². The Kier molecular flexibility index (Phi) is 5.90. The molecule has 0 aromatic carbocycles. The Balaban J connectivity index is 2.93. The third-order valence-corrected chi connectivity index (χ3v) is 7.47. The van der Waals surface area contributed by atoms with Crippen molar-refractivity contribution in [2.24, 2.45) is 10.8 Å². The summed E-state index contributed by atoms with van der Waals surface area (Å²) >= 11 is 6.70. The van der Waals surface area contributed by atoms with Crippen LogP contribution in [0.4, 0.5) is 0 Å². The van der Waals surface area contributed by atoms with E-state index in [1.807, 2.05) is 0 Å². The van der Waals surface area contributed by atoms with Gasteiger partial charge in [-0.1, -0.05) is 79.6 Å². The normalized spacial score (nSPS) is 42.9. The van der Waals surface area contributed by atoms with E-state index in [1.54, 1.807) is 0 Å². The maximum atomic E-state index is 3.99. The molecule has 0 heterocycles. The van der Waals surface area contributed by atoms with Gasteiger partial charge in [-0.2, -0.15) is 0 Å². The largest absolute Gasteiger partial charge is 0.0856 e. The van der Waals surface area contributed by atoms with Crippen molar-refractivity contribution in [1.82, 2.24) is 0 Å². The molecule has 0 saturated heterocycles. The lowest BCUT2D eigenvalue weighted by Crippen LogP contribution is -2.37. The summed E-state index contributed by atoms with van der Waals surface area (Å²) in [5.41, 5.74) is 0.841. The molecule has 0 nitrogen and oxygen atoms in total. The highest BCUT2D eigenvalue weighted by Crippen LogP contribution is 2.51. The van der Waals surface area contributed by atoms with E-state index in [0.29, 0.717) is 18.6 Å². The van der Waals surface area contributed by atoms with Crippen LogP contribution in [0, 0.1) is 10.8 Å². The first-order chi connectivity index (χ1) is 8.37. The van der Waals surface area contributed by atoms with Gasteiger partial charge < -0.3 is 0 Å². The summed E-state index contributed by atoms with van der Waals surface area (Å²) in [5, 5.41) is 0. The number of rotatable bonds is 0. The fraction of sp³-hybridized carbons (Fsp3) is 1.00. The Bertz CT molecular complexity index is 279. The molecule has 0 spiro atoms. The van der Waals surface area contributed by atoms with Crippen molar-refractivity contribution in [3.8, 4) is 0 Å². The zero-order valence-electron chi connectivity index (χ0n) is 13.7. The lowest BCUT2D eigenvalue weighted by Gasteiger charge is -2.46. The first kappa shape index (κ1) is 18.3. The van der Waals surface area contributed by atoms with Gasteiger partial charge in [0.15, 0.2) is 0 Å². The van der Waals surface area contributed by atoms with Crippen molar-refractivity contribution >= 4 is 38.5 Å². The van der Waals surface area contributed by atoms with Crippen LogP contribution in [0.2, 0.25) is 0 Å². The monoisotopic (exact) mass is 442 g/mol. The molecule has 0 N–H and O–H groups in total. The molecule has 1 aliphatic carbocycles. The SMILES string of the molecule is CC1(Br)CCCC(C)(I)CCC(C)(C(C)(C)C)CC1. The van der Waals surface area contributed by atoms with E-state index >= 15 is 0 Å². The lowest BCUT2D eigenvalue weighted by atomic mass is 9.61. The molecule has 0 amide bonds. The minimum absolute atomic E-state index is 0.337. The number of hydrogen-bond acceptors (Lipinski definition) is 0. The zero-order chi connectivity index (χ0) is 14.9. The molecule has 19 heavy (non-hydrogen) atoms. The zero-order valence-corrected chi connectivity index (χ0v) is 17.4. The first-order valence-electron chi connectivity index (χ1n) is 7.75. The van der Waals surface area contributed by atoms with Crippen LogP contribution in [0.25, 0.3) is 0 Å². The van der Waals surface area contributed by atoms with Gasteiger partial charge >= 0.3 is 0 Å². The molecule has 1 saturated carbocycles. The van der Waals surface area contributed by atoms with Gasteiger partial charge in [0.1, 0.15) is 0 Å². The molecular formula is C17H32BrI. The van der Waals surface area contributed by atoms with Crippen molar-refractivity contribution in [2.75, 3.05) is 0 Å². The maximum Gasteiger partial charge on any atom is 0.0230 e. The Hall–Kier alpha value is 1.21. The second-order valence-corrected chi connectivity index (χ2v) is 13.0. The lowest BCUT2D eigenvalue weighted by molar-refractivity contribution is 0.0710. The van der Waals surface area contributed by atoms with Gasteiger partial charge in [-0.05, 0) is 56.3 Å². The summed E-state index contributed by atoms with van der Waals surface area (Å²) in [6.45, 7) is 14.6. The van der Waals surface area contributed by atoms with E-state index in [2.05, 4.69) is 80.1 Å². The summed E-state index contributed by atoms with van der Waals surface area (Å²) in [4.78, 5) is 0. The van der Waals surface area contributed by atoms with Gasteiger partial charge in [-0.15, -0.1) is 0 Å². The molecule has 0 aliphatic heterocycles. The van der Waals surface area contributed by atoms with Crippen LogP contribution in [0.3, 0.4) is 0 Å². The molecule has 1 fully saturated rings. The van der Waals surface area contributed by atoms with Crippen LogP contribution in [-0.4, -0.2) is 7.75 Å². The Morgan fingerprint density at radius 3 is 1.89 bits per heavy atom. The minimum atomic E-state index is 0.337. The third kappa shape index (κ3) is 5.48. The first-order valence-corrected chi connectivity index (χ1v) is 9.62. The second-order valence-electron chi connectivity index (χ2n) is 8.49. The highest BCUT2D eigenvalue weighted by molar-refractivity contribution is 14.1. The van der Waals surface area contributed by atoms with Crippen molar-refractivity contribution in [3.05, 3.63) is 0 Å².